The number of carbonyl (C=O) groups excluding carboxylic acids is 1. The highest BCUT2D eigenvalue weighted by Gasteiger charge is 2.42. The van der Waals surface area contributed by atoms with E-state index in [4.69, 9.17) is 4.74 Å². The van der Waals surface area contributed by atoms with Crippen molar-refractivity contribution < 1.29 is 35.9 Å². The number of hydrogen-bond donors (Lipinski definition) is 0. The van der Waals surface area contributed by atoms with Crippen LogP contribution in [0.3, 0.4) is 0 Å². The van der Waals surface area contributed by atoms with Crippen LogP contribution in [0.15, 0.2) is 46.1 Å². The second-order valence-electron chi connectivity index (χ2n) is 14.2. The molecule has 7 nitrogen and oxygen atoms in total. The average molecular weight is 709 g/mol. The van der Waals surface area contributed by atoms with Gasteiger partial charge in [0.25, 0.3) is 5.92 Å². The summed E-state index contributed by atoms with van der Waals surface area (Å²) >= 11 is 1.14. The van der Waals surface area contributed by atoms with Gasteiger partial charge in [0.1, 0.15) is 17.2 Å². The first-order chi connectivity index (χ1) is 22.8. The normalized spacial score (nSPS) is 22.9. The molecule has 0 radical (unpaired) electrons. The van der Waals surface area contributed by atoms with E-state index in [1.54, 1.807) is 56.6 Å². The number of piperazine rings is 1. The zero-order chi connectivity index (χ0) is 35.6. The van der Waals surface area contributed by atoms with Crippen molar-refractivity contribution in [2.45, 2.75) is 101 Å². The number of anilines is 1. The van der Waals surface area contributed by atoms with Crippen LogP contribution in [0.2, 0.25) is 0 Å². The fourth-order valence-electron chi connectivity index (χ4n) is 7.07. The topological polar surface area (TPSA) is 67.7 Å². The maximum atomic E-state index is 15.1. The van der Waals surface area contributed by atoms with Crippen molar-refractivity contribution in [3.8, 4) is 0 Å². The fraction of sp³-hybridized carbons (Fsp3) is 0.514. The fourth-order valence-corrected chi connectivity index (χ4v) is 8.48. The summed E-state index contributed by atoms with van der Waals surface area (Å²) in [4.78, 5) is 34.9. The molecule has 3 aliphatic rings. The molecule has 1 aromatic heterocycles. The van der Waals surface area contributed by atoms with Gasteiger partial charge in [-0.1, -0.05) is 18.2 Å². The second kappa shape index (κ2) is 12.6. The Morgan fingerprint density at radius 3 is 2.27 bits per heavy atom. The minimum atomic E-state index is -4.86. The first kappa shape index (κ1) is 35.2. The van der Waals surface area contributed by atoms with Crippen LogP contribution in [0.5, 0.6) is 0 Å². The van der Waals surface area contributed by atoms with E-state index in [1.165, 1.54) is 22.8 Å². The lowest BCUT2D eigenvalue weighted by atomic mass is 9.87. The molecular formula is C35H38F6N4O3S. The summed E-state index contributed by atoms with van der Waals surface area (Å²) in [5.74, 6) is -3.57. The van der Waals surface area contributed by atoms with Crippen LogP contribution in [0, 0.1) is 5.82 Å². The third-order valence-electron chi connectivity index (χ3n) is 9.23. The number of aromatic nitrogens is 2. The van der Waals surface area contributed by atoms with Crippen LogP contribution in [0.25, 0.3) is 16.5 Å². The third kappa shape index (κ3) is 7.02. The number of carbonyl (C=O) groups is 1. The molecule has 3 heterocycles. The second-order valence-corrected chi connectivity index (χ2v) is 15.2. The van der Waals surface area contributed by atoms with E-state index in [9.17, 15) is 22.8 Å². The lowest BCUT2D eigenvalue weighted by Gasteiger charge is -2.45. The van der Waals surface area contributed by atoms with Crippen LogP contribution in [0.4, 0.5) is 37.0 Å². The van der Waals surface area contributed by atoms with Crippen molar-refractivity contribution in [3.63, 3.8) is 0 Å². The number of rotatable bonds is 3. The quantitative estimate of drug-likeness (QED) is 0.255. The van der Waals surface area contributed by atoms with Crippen molar-refractivity contribution in [2.75, 3.05) is 23.7 Å². The minimum absolute atomic E-state index is 0.0575. The first-order valence-electron chi connectivity index (χ1n) is 16.2. The molecule has 1 saturated heterocycles. The van der Waals surface area contributed by atoms with Crippen molar-refractivity contribution in [1.29, 1.82) is 0 Å². The maximum absolute atomic E-state index is 15.1. The molecule has 0 saturated carbocycles. The number of alkyl halides is 5. The molecule has 3 atom stereocenters. The molecule has 3 aromatic rings. The van der Waals surface area contributed by atoms with Crippen LogP contribution >= 0.6 is 11.8 Å². The molecule has 2 aliphatic heterocycles. The Morgan fingerprint density at radius 2 is 1.69 bits per heavy atom. The minimum Gasteiger partial charge on any atom is -0.444 e. The summed E-state index contributed by atoms with van der Waals surface area (Å²) < 4.78 is 94.4. The van der Waals surface area contributed by atoms with Gasteiger partial charge in [-0.2, -0.15) is 18.2 Å². The number of hydrogen-bond acceptors (Lipinski definition) is 6. The molecule has 0 unspecified atom stereocenters. The highest BCUT2D eigenvalue weighted by molar-refractivity contribution is 7.99. The number of allylic oxidation sites excluding steroid dienone is 2. The van der Waals surface area contributed by atoms with Gasteiger partial charge in [-0.05, 0) is 70.4 Å². The molecule has 14 heteroatoms. The Labute approximate surface area is 284 Å². The SMILES string of the molecule is C[C@@H]1CN(c2nc(=O)n3c4c(c(C5=CCC(F)(F)CC5)c(C(F)(F)F)cc24)SC[C@H](c2ccc(F)cc2)C3)C[C@H](C)N1C(=O)OC(C)(C)C. The predicted octanol–water partition coefficient (Wildman–Crippen LogP) is 8.48. The molecule has 1 amide bonds. The van der Waals surface area contributed by atoms with E-state index >= 15 is 13.2 Å². The lowest BCUT2D eigenvalue weighted by molar-refractivity contribution is -0.137. The number of thioether (sulfide) groups is 1. The Bertz CT molecular complexity index is 1860. The largest absolute Gasteiger partial charge is 0.444 e. The summed E-state index contributed by atoms with van der Waals surface area (Å²) in [5, 5.41) is 0.102. The van der Waals surface area contributed by atoms with Crippen LogP contribution in [0.1, 0.15) is 76.5 Å². The number of ether oxygens (including phenoxy) is 1. The monoisotopic (exact) mass is 708 g/mol. The van der Waals surface area contributed by atoms with Crippen molar-refractivity contribution in [1.82, 2.24) is 14.5 Å². The average Bonchev–Trinajstić information content (AvgIpc) is 3.19. The van der Waals surface area contributed by atoms with E-state index in [-0.39, 0.29) is 64.6 Å². The number of amides is 1. The Kier molecular flexibility index (Phi) is 9.02. The van der Waals surface area contributed by atoms with E-state index < -0.39 is 71.7 Å². The summed E-state index contributed by atoms with van der Waals surface area (Å²) in [6, 6.07) is 5.85. The summed E-state index contributed by atoms with van der Waals surface area (Å²) in [6.45, 7) is 9.25. The Morgan fingerprint density at radius 1 is 1.04 bits per heavy atom. The highest BCUT2D eigenvalue weighted by atomic mass is 32.2. The summed E-state index contributed by atoms with van der Waals surface area (Å²) in [7, 11) is 0. The van der Waals surface area contributed by atoms with Gasteiger partial charge in [-0.3, -0.25) is 9.47 Å². The summed E-state index contributed by atoms with van der Waals surface area (Å²) in [5.41, 5.74) is -1.49. The third-order valence-corrected chi connectivity index (χ3v) is 10.5. The van der Waals surface area contributed by atoms with Gasteiger partial charge in [0.05, 0.1) is 23.2 Å². The first-order valence-corrected chi connectivity index (χ1v) is 17.2. The van der Waals surface area contributed by atoms with Gasteiger partial charge in [0, 0.05) is 60.0 Å². The molecule has 49 heavy (non-hydrogen) atoms. The number of benzene rings is 2. The molecule has 1 aliphatic carbocycles. The standard InChI is InChI=1S/C35H38F6N4O3S/c1-19-15-43(16-20(2)45(19)32(47)48-33(3,4)5)30-25-14-26(35(39,40)41)27(22-10-12-34(37,38)13-11-22)29-28(25)44(31(46)42-30)17-23(18-49-29)21-6-8-24(36)9-7-21/h6-10,14,19-20,23H,11-13,15-18H2,1-5H3/t19-,20+,23-/m1/s1. The molecule has 264 valence electrons. The van der Waals surface area contributed by atoms with E-state index in [2.05, 4.69) is 4.98 Å². The van der Waals surface area contributed by atoms with Gasteiger partial charge in [-0.25, -0.2) is 22.8 Å². The zero-order valence-corrected chi connectivity index (χ0v) is 28.7. The number of nitrogens with zero attached hydrogens (tertiary/aromatic N) is 4. The van der Waals surface area contributed by atoms with Crippen LogP contribution < -0.4 is 10.6 Å². The van der Waals surface area contributed by atoms with Crippen molar-refractivity contribution in [2.24, 2.45) is 0 Å². The van der Waals surface area contributed by atoms with E-state index in [0.717, 1.165) is 17.8 Å². The number of halogens is 6. The van der Waals surface area contributed by atoms with Gasteiger partial charge in [-0.15, -0.1) is 11.8 Å². The Balaban J connectivity index is 1.55. The predicted molar refractivity (Wildman–Crippen MR) is 177 cm³/mol. The molecular weight excluding hydrogens is 670 g/mol. The van der Waals surface area contributed by atoms with Crippen LogP contribution in [-0.2, 0) is 17.5 Å². The molecule has 0 bridgehead atoms. The summed E-state index contributed by atoms with van der Waals surface area (Å²) in [6.07, 6.45) is -5.75. The van der Waals surface area contributed by atoms with E-state index in [1.807, 2.05) is 0 Å². The molecule has 0 N–H and O–H groups in total. The molecule has 0 spiro atoms. The molecule has 2 aromatic carbocycles. The molecule has 1 fully saturated rings. The van der Waals surface area contributed by atoms with Crippen LogP contribution in [-0.4, -0.2) is 63.0 Å². The lowest BCUT2D eigenvalue weighted by Crippen LogP contribution is -2.59. The van der Waals surface area contributed by atoms with Gasteiger partial charge < -0.3 is 9.64 Å². The Hall–Kier alpha value is -3.68. The zero-order valence-electron chi connectivity index (χ0n) is 27.8. The van der Waals surface area contributed by atoms with Crippen molar-refractivity contribution in [3.05, 3.63) is 69.4 Å². The molecule has 6 rings (SSSR count). The maximum Gasteiger partial charge on any atom is 0.417 e. The van der Waals surface area contributed by atoms with Gasteiger partial charge >= 0.3 is 18.0 Å². The van der Waals surface area contributed by atoms with E-state index in [0.29, 0.717) is 5.56 Å². The highest BCUT2D eigenvalue weighted by Crippen LogP contribution is 2.50. The van der Waals surface area contributed by atoms with Gasteiger partial charge in [0.2, 0.25) is 0 Å². The van der Waals surface area contributed by atoms with Gasteiger partial charge in [0.15, 0.2) is 0 Å². The van der Waals surface area contributed by atoms with Crippen molar-refractivity contribution >= 4 is 40.1 Å². The smallest absolute Gasteiger partial charge is 0.417 e.